The fourth-order valence-electron chi connectivity index (χ4n) is 4.32. The van der Waals surface area contributed by atoms with E-state index in [1.807, 2.05) is 19.2 Å². The molecule has 0 bridgehead atoms. The number of carboxylic acids is 1. The molecule has 1 radical (unpaired) electrons. The molecule has 1 aliphatic rings. The molecule has 4 N–H and O–H groups in total. The minimum atomic E-state index is -4.58. The van der Waals surface area contributed by atoms with E-state index in [9.17, 15) is 45.4 Å². The van der Waals surface area contributed by atoms with Crippen LogP contribution in [0.3, 0.4) is 0 Å². The van der Waals surface area contributed by atoms with Gasteiger partial charge in [-0.2, -0.15) is 26.3 Å². The molecule has 0 aliphatic heterocycles. The van der Waals surface area contributed by atoms with Gasteiger partial charge in [-0.25, -0.2) is 4.39 Å². The molecule has 1 aromatic heterocycles. The van der Waals surface area contributed by atoms with Crippen molar-refractivity contribution in [3.05, 3.63) is 64.8 Å². The number of aliphatic carboxylic acids is 1. The van der Waals surface area contributed by atoms with Crippen LogP contribution in [0.25, 0.3) is 11.5 Å². The Morgan fingerprint density at radius 1 is 1.00 bits per heavy atom. The summed E-state index contributed by atoms with van der Waals surface area (Å²) in [5, 5.41) is 18.6. The molecule has 2 aromatic carbocycles. The normalized spacial score (nSPS) is 16.1. The molecule has 2 atom stereocenters. The molecule has 3 aromatic rings. The number of rotatable bonds is 5. The SMILES string of the molecule is CC.Cc1nnc(-c2cc([C@@H]3CCCCC3C(=O)O)ccc2C(F)(F)F)o1.O.O=CNc1ccc(C(F)(F)F)cc1F.[Y]. The van der Waals surface area contributed by atoms with Crippen LogP contribution in [-0.4, -0.2) is 33.2 Å². The summed E-state index contributed by atoms with van der Waals surface area (Å²) in [7, 11) is 0. The number of carbonyl (C=O) groups is 2. The maximum atomic E-state index is 13.3. The Morgan fingerprint density at radius 3 is 2.12 bits per heavy atom. The summed E-state index contributed by atoms with van der Waals surface area (Å²) in [6.45, 7) is 5.50. The van der Waals surface area contributed by atoms with Crippen LogP contribution >= 0.6 is 0 Å². The number of alkyl halides is 6. The van der Waals surface area contributed by atoms with Crippen molar-refractivity contribution >= 4 is 18.1 Å². The summed E-state index contributed by atoms with van der Waals surface area (Å²) < 4.78 is 94.1. The molecule has 0 saturated heterocycles. The fourth-order valence-corrected chi connectivity index (χ4v) is 4.32. The third-order valence-corrected chi connectivity index (χ3v) is 6.13. The average Bonchev–Trinajstić information content (AvgIpc) is 3.36. The number of amides is 1. The predicted octanol–water partition coefficient (Wildman–Crippen LogP) is 7.03. The van der Waals surface area contributed by atoms with Crippen molar-refractivity contribution in [1.29, 1.82) is 0 Å². The molecule has 8 nitrogen and oxygen atoms in total. The number of nitrogens with one attached hydrogen (secondary N) is 1. The largest absolute Gasteiger partial charge is 0.481 e. The molecule has 1 unspecified atom stereocenters. The first-order valence-electron chi connectivity index (χ1n) is 12.5. The topological polar surface area (TPSA) is 137 Å². The number of benzene rings is 2. The average molecular weight is 698 g/mol. The van der Waals surface area contributed by atoms with Crippen LogP contribution in [0.5, 0.6) is 0 Å². The summed E-state index contributed by atoms with van der Waals surface area (Å²) >= 11 is 0. The van der Waals surface area contributed by atoms with Crippen molar-refractivity contribution in [3.8, 4) is 11.5 Å². The molecule has 1 aliphatic carbocycles. The van der Waals surface area contributed by atoms with Gasteiger partial charge in [0.05, 0.1) is 28.3 Å². The van der Waals surface area contributed by atoms with Crippen molar-refractivity contribution in [2.24, 2.45) is 5.92 Å². The van der Waals surface area contributed by atoms with Crippen LogP contribution in [-0.2, 0) is 54.7 Å². The molecule has 1 saturated carbocycles. The number of nitrogens with zero attached hydrogens (tertiary/aromatic N) is 2. The zero-order chi connectivity index (χ0) is 31.0. The third-order valence-electron chi connectivity index (χ3n) is 6.13. The first kappa shape index (κ1) is 40.1. The Labute approximate surface area is 267 Å². The molecule has 16 heteroatoms. The van der Waals surface area contributed by atoms with E-state index in [1.165, 1.54) is 19.1 Å². The Hall–Kier alpha value is -2.91. The minimum Gasteiger partial charge on any atom is -0.481 e. The number of hydrogen-bond donors (Lipinski definition) is 2. The molecule has 1 amide bonds. The van der Waals surface area contributed by atoms with Crippen LogP contribution in [0.4, 0.5) is 36.4 Å². The van der Waals surface area contributed by atoms with Gasteiger partial charge in [0, 0.05) is 39.6 Å². The quantitative estimate of drug-likeness (QED) is 0.217. The van der Waals surface area contributed by atoms with Crippen molar-refractivity contribution < 1.29 is 88.0 Å². The zero-order valence-corrected chi connectivity index (χ0v) is 26.2. The number of carboxylic acid groups (broad SMARTS) is 1. The van der Waals surface area contributed by atoms with Crippen molar-refractivity contribution in [2.45, 2.75) is 64.7 Å². The molecule has 0 spiro atoms. The molecule has 235 valence electrons. The summed E-state index contributed by atoms with van der Waals surface area (Å²) in [6.07, 6.45) is -6.16. The second-order valence-corrected chi connectivity index (χ2v) is 8.72. The number of anilines is 1. The van der Waals surface area contributed by atoms with Gasteiger partial charge in [0.25, 0.3) is 0 Å². The molecule has 1 heterocycles. The molecule has 1 fully saturated rings. The first-order valence-corrected chi connectivity index (χ1v) is 12.5. The van der Waals surface area contributed by atoms with Gasteiger partial charge in [0.1, 0.15) is 5.82 Å². The Kier molecular flexibility index (Phi) is 16.2. The van der Waals surface area contributed by atoms with Gasteiger partial charge in [-0.3, -0.25) is 9.59 Å². The van der Waals surface area contributed by atoms with Gasteiger partial charge in [0.15, 0.2) is 0 Å². The van der Waals surface area contributed by atoms with E-state index in [0.717, 1.165) is 25.0 Å². The van der Waals surface area contributed by atoms with Gasteiger partial charge in [-0.05, 0) is 54.7 Å². The van der Waals surface area contributed by atoms with E-state index in [1.54, 1.807) is 0 Å². The van der Waals surface area contributed by atoms with Crippen LogP contribution in [0.15, 0.2) is 40.8 Å². The van der Waals surface area contributed by atoms with E-state index < -0.39 is 41.2 Å². The smallest absolute Gasteiger partial charge is 0.417 e. The Balaban J connectivity index is 0.000000843. The Morgan fingerprint density at radius 2 is 1.63 bits per heavy atom. The van der Waals surface area contributed by atoms with Gasteiger partial charge in [-0.1, -0.05) is 32.8 Å². The monoisotopic (exact) mass is 698 g/mol. The van der Waals surface area contributed by atoms with Gasteiger partial charge < -0.3 is 20.3 Å². The fraction of sp³-hybridized carbons (Fsp3) is 0.407. The predicted molar refractivity (Wildman–Crippen MR) is 138 cm³/mol. The van der Waals surface area contributed by atoms with Crippen LogP contribution in [0, 0.1) is 18.7 Å². The van der Waals surface area contributed by atoms with Crippen LogP contribution < -0.4 is 5.32 Å². The van der Waals surface area contributed by atoms with Gasteiger partial charge in [-0.15, -0.1) is 10.2 Å². The summed E-state index contributed by atoms with van der Waals surface area (Å²) in [5.74, 6) is -3.00. The zero-order valence-electron chi connectivity index (χ0n) is 23.3. The number of aryl methyl sites for hydroxylation is 1. The Bertz CT molecular complexity index is 1330. The number of hydrogen-bond acceptors (Lipinski definition) is 5. The summed E-state index contributed by atoms with van der Waals surface area (Å²) in [4.78, 5) is 21.4. The van der Waals surface area contributed by atoms with E-state index in [-0.39, 0.29) is 73.5 Å². The molecular formula is C27H30F7N3O5Y. The van der Waals surface area contributed by atoms with Crippen molar-refractivity contribution in [2.75, 3.05) is 5.32 Å². The summed E-state index contributed by atoms with van der Waals surface area (Å²) in [5.41, 5.74) is -1.90. The standard InChI is InChI=1S/C17H17F3N2O3.C8H5F4NO.C2H6.H2O.Y/c1-9-21-22-15(25-9)13-8-10(6-7-14(13)17(18,19)20)11-4-2-3-5-12(11)16(23)24;9-6-3-5(8(10,11)12)1-2-7(6)13-4-14;1-2;;/h6-8,11-12H,2-5H2,1H3,(H,23,24);1-4H,(H,13,14);1-2H3;1H2;/t11-,12?;;;;/m0..../s1. The van der Waals surface area contributed by atoms with Gasteiger partial charge >= 0.3 is 18.3 Å². The molecule has 4 rings (SSSR count). The van der Waals surface area contributed by atoms with Gasteiger partial charge in [0.2, 0.25) is 18.2 Å². The summed E-state index contributed by atoms with van der Waals surface area (Å²) in [6, 6.07) is 5.55. The van der Waals surface area contributed by atoms with Crippen LogP contribution in [0.2, 0.25) is 0 Å². The van der Waals surface area contributed by atoms with E-state index in [4.69, 9.17) is 4.42 Å². The number of halogens is 7. The van der Waals surface area contributed by atoms with Crippen LogP contribution in [0.1, 0.15) is 68.0 Å². The van der Waals surface area contributed by atoms with E-state index in [2.05, 4.69) is 10.2 Å². The first-order chi connectivity index (χ1) is 19.2. The number of carbonyl (C=O) groups excluding carboxylic acids is 1. The second-order valence-electron chi connectivity index (χ2n) is 8.72. The second kappa shape index (κ2) is 17.4. The maximum Gasteiger partial charge on any atom is 0.417 e. The molecular weight excluding hydrogens is 668 g/mol. The van der Waals surface area contributed by atoms with Crippen molar-refractivity contribution in [1.82, 2.24) is 10.2 Å². The van der Waals surface area contributed by atoms with E-state index >= 15 is 0 Å². The number of aromatic nitrogens is 2. The van der Waals surface area contributed by atoms with Crippen molar-refractivity contribution in [3.63, 3.8) is 0 Å². The van der Waals surface area contributed by atoms with E-state index in [0.29, 0.717) is 30.5 Å². The minimum absolute atomic E-state index is 0. The maximum absolute atomic E-state index is 13.3. The molecule has 43 heavy (non-hydrogen) atoms. The third kappa shape index (κ3) is 10.9.